The molecule has 3 aliphatic rings. The molecule has 0 radical (unpaired) electrons. The Morgan fingerprint density at radius 1 is 1.07 bits per heavy atom. The molecule has 4 amide bonds. The van der Waals surface area contributed by atoms with E-state index in [1.807, 2.05) is 39.8 Å². The first-order chi connectivity index (χ1) is 20.2. The third-order valence-electron chi connectivity index (χ3n) is 9.43. The molecule has 4 rings (SSSR count). The molecule has 4 unspecified atom stereocenters. The van der Waals surface area contributed by atoms with Crippen LogP contribution in [0.15, 0.2) is 36.9 Å². The van der Waals surface area contributed by atoms with Crippen LogP contribution in [-0.4, -0.2) is 65.5 Å². The van der Waals surface area contributed by atoms with Crippen molar-refractivity contribution in [1.29, 1.82) is 0 Å². The number of ketones is 1. The van der Waals surface area contributed by atoms with E-state index in [0.717, 1.165) is 0 Å². The van der Waals surface area contributed by atoms with Crippen molar-refractivity contribution in [3.8, 4) is 0 Å². The SMILES string of the molecule is C=CCNC(=O)C(=O)C(CCC)NC(=O)C1C2C(CN1C(=O)[C@@H](NC(=O)CC(C)(C)C)C1Cc3ccccc3C1)C2(C)C. The maximum Gasteiger partial charge on any atom is 0.289 e. The molecule has 43 heavy (non-hydrogen) atoms. The van der Waals surface area contributed by atoms with Crippen LogP contribution in [0.3, 0.4) is 0 Å². The Balaban J connectivity index is 1.59. The Morgan fingerprint density at radius 3 is 2.26 bits per heavy atom. The van der Waals surface area contributed by atoms with Crippen molar-refractivity contribution in [2.24, 2.45) is 28.6 Å². The van der Waals surface area contributed by atoms with Crippen LogP contribution in [0.5, 0.6) is 0 Å². The van der Waals surface area contributed by atoms with Crippen LogP contribution in [0.4, 0.5) is 0 Å². The number of carbonyl (C=O) groups is 5. The number of benzene rings is 1. The molecule has 9 nitrogen and oxygen atoms in total. The first kappa shape index (κ1) is 32.4. The number of rotatable bonds is 12. The fourth-order valence-electron chi connectivity index (χ4n) is 7.13. The highest BCUT2D eigenvalue weighted by Gasteiger charge is 2.69. The van der Waals surface area contributed by atoms with Crippen LogP contribution in [-0.2, 0) is 36.8 Å². The molecule has 3 N–H and O–H groups in total. The number of piperidine rings is 1. The summed E-state index contributed by atoms with van der Waals surface area (Å²) in [6.07, 6.45) is 3.97. The van der Waals surface area contributed by atoms with Gasteiger partial charge >= 0.3 is 0 Å². The Morgan fingerprint density at radius 2 is 1.70 bits per heavy atom. The molecule has 1 heterocycles. The fraction of sp³-hybridized carbons (Fsp3) is 0.618. The van der Waals surface area contributed by atoms with E-state index in [1.165, 1.54) is 17.2 Å². The minimum absolute atomic E-state index is 0.0740. The molecule has 1 aromatic rings. The van der Waals surface area contributed by atoms with E-state index in [4.69, 9.17) is 0 Å². The molecule has 1 aliphatic heterocycles. The smallest absolute Gasteiger partial charge is 0.289 e. The summed E-state index contributed by atoms with van der Waals surface area (Å²) in [4.78, 5) is 68.6. The van der Waals surface area contributed by atoms with Gasteiger partial charge < -0.3 is 20.9 Å². The van der Waals surface area contributed by atoms with E-state index >= 15 is 0 Å². The highest BCUT2D eigenvalue weighted by Crippen LogP contribution is 2.65. The first-order valence-electron chi connectivity index (χ1n) is 15.6. The van der Waals surface area contributed by atoms with Crippen molar-refractivity contribution in [1.82, 2.24) is 20.9 Å². The zero-order valence-electron chi connectivity index (χ0n) is 26.5. The largest absolute Gasteiger partial charge is 0.346 e. The van der Waals surface area contributed by atoms with Crippen LogP contribution in [0, 0.1) is 28.6 Å². The number of fused-ring (bicyclic) bond motifs is 2. The van der Waals surface area contributed by atoms with Crippen LogP contribution < -0.4 is 16.0 Å². The summed E-state index contributed by atoms with van der Waals surface area (Å²) in [6, 6.07) is 5.53. The minimum Gasteiger partial charge on any atom is -0.346 e. The number of carbonyl (C=O) groups excluding carboxylic acids is 5. The van der Waals surface area contributed by atoms with E-state index in [9.17, 15) is 24.0 Å². The Labute approximate surface area is 255 Å². The molecule has 5 atom stereocenters. The quantitative estimate of drug-likeness (QED) is 0.254. The third-order valence-corrected chi connectivity index (χ3v) is 9.43. The van der Waals surface area contributed by atoms with E-state index in [2.05, 4.69) is 48.5 Å². The van der Waals surface area contributed by atoms with Crippen molar-refractivity contribution < 1.29 is 24.0 Å². The summed E-state index contributed by atoms with van der Waals surface area (Å²) in [7, 11) is 0. The van der Waals surface area contributed by atoms with Gasteiger partial charge in [0.1, 0.15) is 12.1 Å². The number of likely N-dealkylation sites (tertiary alicyclic amines) is 1. The van der Waals surface area contributed by atoms with Crippen LogP contribution in [0.1, 0.15) is 71.9 Å². The molecule has 1 saturated carbocycles. The van der Waals surface area contributed by atoms with Gasteiger partial charge in [0.05, 0.1) is 6.04 Å². The van der Waals surface area contributed by atoms with Gasteiger partial charge in [-0.3, -0.25) is 24.0 Å². The van der Waals surface area contributed by atoms with Gasteiger partial charge in [0.15, 0.2) is 0 Å². The molecule has 9 heteroatoms. The monoisotopic (exact) mass is 592 g/mol. The molecule has 234 valence electrons. The van der Waals surface area contributed by atoms with Gasteiger partial charge in [-0.2, -0.15) is 0 Å². The van der Waals surface area contributed by atoms with Crippen molar-refractivity contribution in [2.45, 2.75) is 91.8 Å². The van der Waals surface area contributed by atoms with E-state index in [-0.39, 0.29) is 53.4 Å². The summed E-state index contributed by atoms with van der Waals surface area (Å²) in [5, 5.41) is 8.40. The first-order valence-corrected chi connectivity index (χ1v) is 15.6. The summed E-state index contributed by atoms with van der Waals surface area (Å²) in [5.74, 6) is -2.43. The molecule has 1 saturated heterocycles. The number of amides is 4. The van der Waals surface area contributed by atoms with Crippen LogP contribution in [0.25, 0.3) is 0 Å². The van der Waals surface area contributed by atoms with Crippen molar-refractivity contribution in [3.63, 3.8) is 0 Å². The van der Waals surface area contributed by atoms with E-state index in [1.54, 1.807) is 4.90 Å². The Kier molecular flexibility index (Phi) is 9.52. The van der Waals surface area contributed by atoms with Crippen LogP contribution >= 0.6 is 0 Å². The topological polar surface area (TPSA) is 125 Å². The lowest BCUT2D eigenvalue weighted by Crippen LogP contribution is -2.59. The summed E-state index contributed by atoms with van der Waals surface area (Å²) < 4.78 is 0. The maximum absolute atomic E-state index is 14.4. The molecule has 0 spiro atoms. The molecule has 0 aromatic heterocycles. The zero-order chi connectivity index (χ0) is 31.7. The lowest BCUT2D eigenvalue weighted by Gasteiger charge is -2.35. The van der Waals surface area contributed by atoms with Crippen molar-refractivity contribution in [2.75, 3.05) is 13.1 Å². The van der Waals surface area contributed by atoms with E-state index < -0.39 is 35.7 Å². The Bertz CT molecular complexity index is 1260. The van der Waals surface area contributed by atoms with E-state index in [0.29, 0.717) is 32.2 Å². The lowest BCUT2D eigenvalue weighted by molar-refractivity contribution is -0.145. The van der Waals surface area contributed by atoms with Crippen LogP contribution in [0.2, 0.25) is 0 Å². The number of Topliss-reactive ketones (excluding diaryl/α,β-unsaturated/α-hetero) is 1. The number of nitrogens with one attached hydrogen (secondary N) is 3. The standard InChI is InChI=1S/C34H48N4O5/c1-8-12-24(29(40)31(42)35-15-9-2)36-30(41)28-26-23(34(26,6)7)19-38(28)32(43)27(37-25(39)18-33(3,4)5)22-16-20-13-10-11-14-21(20)17-22/h9-11,13-14,22-24,26-28H,2,8,12,15-19H2,1,3-7H3,(H,35,42)(H,36,41)(H,37,39)/t23?,24?,26?,27-,28?/m0/s1. The summed E-state index contributed by atoms with van der Waals surface area (Å²) in [5.41, 5.74) is 1.95. The van der Waals surface area contributed by atoms with Gasteiger partial charge in [-0.25, -0.2) is 0 Å². The highest BCUT2D eigenvalue weighted by atomic mass is 16.2. The average molecular weight is 593 g/mol. The van der Waals surface area contributed by atoms with Crippen molar-refractivity contribution in [3.05, 3.63) is 48.0 Å². The number of hydrogen-bond acceptors (Lipinski definition) is 5. The fourth-order valence-corrected chi connectivity index (χ4v) is 7.13. The highest BCUT2D eigenvalue weighted by molar-refractivity contribution is 6.38. The number of nitrogens with zero attached hydrogens (tertiary/aromatic N) is 1. The summed E-state index contributed by atoms with van der Waals surface area (Å²) in [6.45, 7) is 16.1. The minimum atomic E-state index is -0.994. The van der Waals surface area contributed by atoms with Gasteiger partial charge in [0, 0.05) is 19.5 Å². The zero-order valence-corrected chi connectivity index (χ0v) is 26.5. The predicted molar refractivity (Wildman–Crippen MR) is 165 cm³/mol. The molecule has 1 aromatic carbocycles. The van der Waals surface area contributed by atoms with Gasteiger partial charge in [0.25, 0.3) is 5.91 Å². The van der Waals surface area contributed by atoms with Gasteiger partial charge in [0.2, 0.25) is 23.5 Å². The normalized spacial score (nSPS) is 23.4. The second-order valence-corrected chi connectivity index (χ2v) is 14.3. The summed E-state index contributed by atoms with van der Waals surface area (Å²) >= 11 is 0. The average Bonchev–Trinajstić information content (AvgIpc) is 3.30. The molecular weight excluding hydrogens is 544 g/mol. The predicted octanol–water partition coefficient (Wildman–Crippen LogP) is 2.96. The maximum atomic E-state index is 14.4. The second-order valence-electron chi connectivity index (χ2n) is 14.3. The number of hydrogen-bond donors (Lipinski definition) is 3. The molecule has 0 bridgehead atoms. The van der Waals surface area contributed by atoms with Gasteiger partial charge in [-0.15, -0.1) is 6.58 Å². The lowest BCUT2D eigenvalue weighted by atomic mass is 9.90. The molecule has 2 aliphatic carbocycles. The molecular formula is C34H48N4O5. The van der Waals surface area contributed by atoms with Gasteiger partial charge in [-0.05, 0) is 59.0 Å². The van der Waals surface area contributed by atoms with Gasteiger partial charge in [-0.1, -0.05) is 78.3 Å². The molecule has 2 fully saturated rings. The second kappa shape index (κ2) is 12.6. The van der Waals surface area contributed by atoms with Crippen molar-refractivity contribution >= 4 is 29.4 Å². The Hall–Kier alpha value is -3.49. The third kappa shape index (κ3) is 7.02.